The number of halogens is 1. The molecule has 2 saturated heterocycles. The summed E-state index contributed by atoms with van der Waals surface area (Å²) in [5.41, 5.74) is 0.395. The lowest BCUT2D eigenvalue weighted by Gasteiger charge is -2.38. The lowest BCUT2D eigenvalue weighted by atomic mass is 10.0. The van der Waals surface area contributed by atoms with Gasteiger partial charge in [0.25, 0.3) is 5.91 Å². The van der Waals surface area contributed by atoms with Gasteiger partial charge >= 0.3 is 0 Å². The van der Waals surface area contributed by atoms with E-state index in [1.807, 2.05) is 18.7 Å². The standard InChI is InChI=1S/C21H30ClN3O3/c1-15(2)19(23-20(26)17-5-3-4-6-18(17)22)21(27)25-10-8-24(9-11-25)13-16-7-12-28-14-16/h3-6,15-16,19H,7-14H2,1-2H3,(H,23,26)/t16-,19-/m0/s1. The lowest BCUT2D eigenvalue weighted by molar-refractivity contribution is -0.136. The second-order valence-electron chi connectivity index (χ2n) is 8.03. The van der Waals surface area contributed by atoms with Crippen molar-refractivity contribution < 1.29 is 14.3 Å². The molecule has 154 valence electrons. The van der Waals surface area contributed by atoms with Crippen LogP contribution in [0.2, 0.25) is 5.02 Å². The van der Waals surface area contributed by atoms with Crippen LogP contribution in [0, 0.1) is 11.8 Å². The average Bonchev–Trinajstić information content (AvgIpc) is 3.19. The van der Waals surface area contributed by atoms with E-state index in [1.54, 1.807) is 24.3 Å². The Labute approximate surface area is 172 Å². The van der Waals surface area contributed by atoms with E-state index in [1.165, 1.54) is 0 Å². The zero-order chi connectivity index (χ0) is 20.1. The summed E-state index contributed by atoms with van der Waals surface area (Å²) in [6, 6.07) is 6.34. The van der Waals surface area contributed by atoms with Crippen LogP contribution in [0.5, 0.6) is 0 Å². The molecule has 3 rings (SSSR count). The van der Waals surface area contributed by atoms with Crippen LogP contribution in [0.15, 0.2) is 24.3 Å². The molecule has 2 amide bonds. The molecule has 1 N–H and O–H groups in total. The van der Waals surface area contributed by atoms with Crippen molar-refractivity contribution in [3.8, 4) is 0 Å². The topological polar surface area (TPSA) is 61.9 Å². The lowest BCUT2D eigenvalue weighted by Crippen LogP contribution is -2.56. The molecule has 2 aliphatic rings. The van der Waals surface area contributed by atoms with Crippen LogP contribution in [0.25, 0.3) is 0 Å². The van der Waals surface area contributed by atoms with Gasteiger partial charge < -0.3 is 15.0 Å². The summed E-state index contributed by atoms with van der Waals surface area (Å²) in [5, 5.41) is 3.28. The van der Waals surface area contributed by atoms with Crippen molar-refractivity contribution in [1.82, 2.24) is 15.1 Å². The number of hydrogen-bond acceptors (Lipinski definition) is 4. The number of rotatable bonds is 6. The Kier molecular flexibility index (Phi) is 7.32. The molecule has 0 unspecified atom stereocenters. The molecule has 6 nitrogen and oxygen atoms in total. The number of benzene rings is 1. The minimum absolute atomic E-state index is 0.00685. The third kappa shape index (κ3) is 5.25. The van der Waals surface area contributed by atoms with Gasteiger partial charge in [-0.2, -0.15) is 0 Å². The number of piperazine rings is 1. The Hall–Kier alpha value is -1.63. The summed E-state index contributed by atoms with van der Waals surface area (Å²) < 4.78 is 5.46. The van der Waals surface area contributed by atoms with Crippen LogP contribution in [-0.4, -0.2) is 73.6 Å². The van der Waals surface area contributed by atoms with Gasteiger partial charge in [0, 0.05) is 39.3 Å². The third-order valence-electron chi connectivity index (χ3n) is 5.56. The first-order valence-electron chi connectivity index (χ1n) is 10.1. The zero-order valence-corrected chi connectivity index (χ0v) is 17.5. The van der Waals surface area contributed by atoms with Gasteiger partial charge in [0.15, 0.2) is 0 Å². The summed E-state index contributed by atoms with van der Waals surface area (Å²) in [6.07, 6.45) is 1.13. The highest BCUT2D eigenvalue weighted by atomic mass is 35.5. The van der Waals surface area contributed by atoms with Gasteiger partial charge in [-0.25, -0.2) is 0 Å². The fourth-order valence-corrected chi connectivity index (χ4v) is 4.04. The van der Waals surface area contributed by atoms with Crippen LogP contribution < -0.4 is 5.32 Å². The molecular formula is C21H30ClN3O3. The van der Waals surface area contributed by atoms with Gasteiger partial charge in [-0.3, -0.25) is 14.5 Å². The second kappa shape index (κ2) is 9.72. The van der Waals surface area contributed by atoms with Crippen molar-refractivity contribution >= 4 is 23.4 Å². The smallest absolute Gasteiger partial charge is 0.253 e. The molecule has 0 aromatic heterocycles. The first kappa shape index (κ1) is 21.1. The number of nitrogens with zero attached hydrogens (tertiary/aromatic N) is 2. The molecular weight excluding hydrogens is 378 g/mol. The molecule has 0 saturated carbocycles. The SMILES string of the molecule is CC(C)[C@H](NC(=O)c1ccccc1Cl)C(=O)N1CCN(C[C@@H]2CCOC2)CC1. The minimum Gasteiger partial charge on any atom is -0.381 e. The van der Waals surface area contributed by atoms with Gasteiger partial charge in [0.1, 0.15) is 6.04 Å². The maximum Gasteiger partial charge on any atom is 0.253 e. The number of hydrogen-bond donors (Lipinski definition) is 1. The van der Waals surface area contributed by atoms with Crippen molar-refractivity contribution in [3.63, 3.8) is 0 Å². The van der Waals surface area contributed by atoms with Gasteiger partial charge in [-0.1, -0.05) is 37.6 Å². The average molecular weight is 408 g/mol. The van der Waals surface area contributed by atoms with E-state index in [-0.39, 0.29) is 17.7 Å². The Morgan fingerprint density at radius 1 is 1.21 bits per heavy atom. The van der Waals surface area contributed by atoms with Crippen LogP contribution in [0.4, 0.5) is 0 Å². The van der Waals surface area contributed by atoms with E-state index in [0.717, 1.165) is 39.3 Å². The highest BCUT2D eigenvalue weighted by Crippen LogP contribution is 2.18. The molecule has 0 radical (unpaired) electrons. The fourth-order valence-electron chi connectivity index (χ4n) is 3.82. The molecule has 7 heteroatoms. The largest absolute Gasteiger partial charge is 0.381 e. The Morgan fingerprint density at radius 2 is 1.93 bits per heavy atom. The molecule has 2 aliphatic heterocycles. The van der Waals surface area contributed by atoms with Crippen LogP contribution >= 0.6 is 11.6 Å². The van der Waals surface area contributed by atoms with Crippen molar-refractivity contribution in [2.24, 2.45) is 11.8 Å². The van der Waals surface area contributed by atoms with Crippen LogP contribution in [0.3, 0.4) is 0 Å². The number of carbonyl (C=O) groups is 2. The first-order valence-corrected chi connectivity index (χ1v) is 10.5. The van der Waals surface area contributed by atoms with E-state index >= 15 is 0 Å². The predicted octanol–water partition coefficient (Wildman–Crippen LogP) is 2.28. The normalized spacial score (nSPS) is 21.7. The Bertz CT molecular complexity index is 683. The minimum atomic E-state index is -0.557. The van der Waals surface area contributed by atoms with E-state index in [4.69, 9.17) is 16.3 Å². The highest BCUT2D eigenvalue weighted by molar-refractivity contribution is 6.33. The molecule has 1 aromatic carbocycles. The molecule has 2 heterocycles. The van der Waals surface area contributed by atoms with E-state index in [2.05, 4.69) is 10.2 Å². The van der Waals surface area contributed by atoms with Crippen LogP contribution in [-0.2, 0) is 9.53 Å². The monoisotopic (exact) mass is 407 g/mol. The third-order valence-corrected chi connectivity index (χ3v) is 5.89. The number of ether oxygens (including phenoxy) is 1. The van der Waals surface area contributed by atoms with Crippen molar-refractivity contribution in [3.05, 3.63) is 34.9 Å². The molecule has 28 heavy (non-hydrogen) atoms. The first-order chi connectivity index (χ1) is 13.5. The van der Waals surface area contributed by atoms with Gasteiger partial charge in [0.05, 0.1) is 17.2 Å². The van der Waals surface area contributed by atoms with Gasteiger partial charge in [-0.15, -0.1) is 0 Å². The maximum atomic E-state index is 13.1. The second-order valence-corrected chi connectivity index (χ2v) is 8.44. The van der Waals surface area contributed by atoms with Crippen molar-refractivity contribution in [1.29, 1.82) is 0 Å². The van der Waals surface area contributed by atoms with Crippen molar-refractivity contribution in [2.75, 3.05) is 45.9 Å². The number of carbonyl (C=O) groups excluding carboxylic acids is 2. The van der Waals surface area contributed by atoms with E-state index < -0.39 is 6.04 Å². The Morgan fingerprint density at radius 3 is 2.54 bits per heavy atom. The molecule has 1 aromatic rings. The van der Waals surface area contributed by atoms with E-state index in [9.17, 15) is 9.59 Å². The maximum absolute atomic E-state index is 13.1. The summed E-state index contributed by atoms with van der Waals surface area (Å²) in [7, 11) is 0. The summed E-state index contributed by atoms with van der Waals surface area (Å²) in [5.74, 6) is 0.282. The van der Waals surface area contributed by atoms with Crippen LogP contribution in [0.1, 0.15) is 30.6 Å². The molecule has 2 fully saturated rings. The number of amides is 2. The molecule has 0 aliphatic carbocycles. The fraction of sp³-hybridized carbons (Fsp3) is 0.619. The summed E-state index contributed by atoms with van der Waals surface area (Å²) in [6.45, 7) is 9.77. The van der Waals surface area contributed by atoms with Gasteiger partial charge in [-0.05, 0) is 30.4 Å². The van der Waals surface area contributed by atoms with Gasteiger partial charge in [0.2, 0.25) is 5.91 Å². The quantitative estimate of drug-likeness (QED) is 0.785. The highest BCUT2D eigenvalue weighted by Gasteiger charge is 2.32. The summed E-state index contributed by atoms with van der Waals surface area (Å²) in [4.78, 5) is 30.0. The molecule has 0 bridgehead atoms. The molecule has 0 spiro atoms. The van der Waals surface area contributed by atoms with E-state index in [0.29, 0.717) is 29.6 Å². The Balaban J connectivity index is 1.56. The number of nitrogens with one attached hydrogen (secondary N) is 1. The predicted molar refractivity (Wildman–Crippen MR) is 109 cm³/mol. The molecule has 2 atom stereocenters. The van der Waals surface area contributed by atoms with Crippen molar-refractivity contribution in [2.45, 2.75) is 26.3 Å². The zero-order valence-electron chi connectivity index (χ0n) is 16.7. The summed E-state index contributed by atoms with van der Waals surface area (Å²) >= 11 is 6.13.